The minimum atomic E-state index is 0.0290. The Morgan fingerprint density at radius 2 is 1.69 bits per heavy atom. The average Bonchev–Trinajstić information content (AvgIpc) is 2.29. The maximum Gasteiger partial charge on any atom is 0.160 e. The first-order chi connectivity index (χ1) is 7.70. The molecule has 0 aliphatic rings. The average molecular weight is 231 g/mol. The van der Waals surface area contributed by atoms with Gasteiger partial charge in [-0.1, -0.05) is 54.1 Å². The fraction of sp³-hybridized carbons (Fsp3) is 0.0714. The summed E-state index contributed by atoms with van der Waals surface area (Å²) in [7, 11) is 0. The van der Waals surface area contributed by atoms with Crippen molar-refractivity contribution in [1.29, 1.82) is 0 Å². The molecule has 0 aliphatic heterocycles. The lowest BCUT2D eigenvalue weighted by Crippen LogP contribution is -1.96. The summed E-state index contributed by atoms with van der Waals surface area (Å²) in [6, 6.07) is 15.1. The smallest absolute Gasteiger partial charge is 0.160 e. The van der Waals surface area contributed by atoms with Crippen LogP contribution in [0.1, 0.15) is 17.3 Å². The molecule has 0 unspecified atom stereocenters. The monoisotopic (exact) mass is 230 g/mol. The summed E-state index contributed by atoms with van der Waals surface area (Å²) in [5.74, 6) is 0.0290. The maximum atomic E-state index is 11.5. The number of benzene rings is 2. The SMILES string of the molecule is CC(=O)c1cccc(Cl)c1-c1ccccc1. The molecular weight excluding hydrogens is 220 g/mol. The number of Topliss-reactive ketones (excluding diaryl/α,β-unsaturated/α-hetero) is 1. The number of carbonyl (C=O) groups excluding carboxylic acids is 1. The van der Waals surface area contributed by atoms with Crippen molar-refractivity contribution in [1.82, 2.24) is 0 Å². The van der Waals surface area contributed by atoms with E-state index in [9.17, 15) is 4.79 Å². The zero-order valence-electron chi connectivity index (χ0n) is 8.91. The predicted molar refractivity (Wildman–Crippen MR) is 66.9 cm³/mol. The van der Waals surface area contributed by atoms with E-state index in [2.05, 4.69) is 0 Å². The van der Waals surface area contributed by atoms with Crippen LogP contribution in [0.4, 0.5) is 0 Å². The Morgan fingerprint density at radius 3 is 2.31 bits per heavy atom. The molecule has 2 aromatic rings. The third-order valence-electron chi connectivity index (χ3n) is 2.46. The van der Waals surface area contributed by atoms with E-state index >= 15 is 0 Å². The van der Waals surface area contributed by atoms with Crippen molar-refractivity contribution in [3.8, 4) is 11.1 Å². The van der Waals surface area contributed by atoms with Gasteiger partial charge in [-0.25, -0.2) is 0 Å². The molecule has 2 aromatic carbocycles. The Morgan fingerprint density at radius 1 is 1.00 bits per heavy atom. The molecule has 0 spiro atoms. The van der Waals surface area contributed by atoms with E-state index in [1.165, 1.54) is 0 Å². The van der Waals surface area contributed by atoms with E-state index < -0.39 is 0 Å². The highest BCUT2D eigenvalue weighted by atomic mass is 35.5. The first-order valence-corrected chi connectivity index (χ1v) is 5.43. The summed E-state index contributed by atoms with van der Waals surface area (Å²) in [5, 5.41) is 0.610. The highest BCUT2D eigenvalue weighted by Gasteiger charge is 2.11. The lowest BCUT2D eigenvalue weighted by atomic mass is 9.97. The second-order valence-electron chi connectivity index (χ2n) is 3.58. The van der Waals surface area contributed by atoms with E-state index in [1.54, 1.807) is 25.1 Å². The topological polar surface area (TPSA) is 17.1 Å². The quantitative estimate of drug-likeness (QED) is 0.707. The minimum absolute atomic E-state index is 0.0290. The summed E-state index contributed by atoms with van der Waals surface area (Å²) < 4.78 is 0. The molecule has 16 heavy (non-hydrogen) atoms. The molecule has 0 aliphatic carbocycles. The van der Waals surface area contributed by atoms with Gasteiger partial charge in [0.05, 0.1) is 0 Å². The molecule has 2 rings (SSSR count). The molecule has 80 valence electrons. The van der Waals surface area contributed by atoms with Crippen LogP contribution in [0.2, 0.25) is 5.02 Å². The Labute approximate surface area is 99.7 Å². The fourth-order valence-electron chi connectivity index (χ4n) is 1.72. The number of rotatable bonds is 2. The lowest BCUT2D eigenvalue weighted by Gasteiger charge is -2.09. The van der Waals surface area contributed by atoms with Gasteiger partial charge in [0.25, 0.3) is 0 Å². The van der Waals surface area contributed by atoms with Gasteiger partial charge in [-0.05, 0) is 18.6 Å². The van der Waals surface area contributed by atoms with Crippen LogP contribution in [0.25, 0.3) is 11.1 Å². The number of hydrogen-bond donors (Lipinski definition) is 0. The van der Waals surface area contributed by atoms with E-state index in [-0.39, 0.29) is 5.78 Å². The van der Waals surface area contributed by atoms with Gasteiger partial charge in [0.2, 0.25) is 0 Å². The normalized spacial score (nSPS) is 10.1. The van der Waals surface area contributed by atoms with Crippen molar-refractivity contribution in [3.05, 3.63) is 59.1 Å². The third kappa shape index (κ3) is 2.00. The number of ketones is 1. The molecule has 1 nitrogen and oxygen atoms in total. The Hall–Kier alpha value is -1.60. The van der Waals surface area contributed by atoms with Crippen molar-refractivity contribution < 1.29 is 4.79 Å². The largest absolute Gasteiger partial charge is 0.294 e. The second kappa shape index (κ2) is 4.50. The van der Waals surface area contributed by atoms with Crippen LogP contribution in [0.5, 0.6) is 0 Å². The summed E-state index contributed by atoms with van der Waals surface area (Å²) >= 11 is 6.16. The predicted octanol–water partition coefficient (Wildman–Crippen LogP) is 4.21. The molecular formula is C14H11ClO. The first-order valence-electron chi connectivity index (χ1n) is 5.05. The highest BCUT2D eigenvalue weighted by molar-refractivity contribution is 6.34. The molecule has 0 radical (unpaired) electrons. The van der Waals surface area contributed by atoms with E-state index in [0.29, 0.717) is 10.6 Å². The zero-order valence-corrected chi connectivity index (χ0v) is 9.66. The standard InChI is InChI=1S/C14H11ClO/c1-10(16)12-8-5-9-13(15)14(12)11-6-3-2-4-7-11/h2-9H,1H3. The Balaban J connectivity index is 2.68. The molecule has 0 atom stereocenters. The number of carbonyl (C=O) groups is 1. The lowest BCUT2D eigenvalue weighted by molar-refractivity contribution is 0.101. The third-order valence-corrected chi connectivity index (χ3v) is 2.77. The first kappa shape index (κ1) is 10.9. The van der Waals surface area contributed by atoms with Crippen LogP contribution >= 0.6 is 11.6 Å². The van der Waals surface area contributed by atoms with Crippen LogP contribution in [0.3, 0.4) is 0 Å². The molecule has 0 amide bonds. The molecule has 0 saturated heterocycles. The van der Waals surface area contributed by atoms with Gasteiger partial charge in [0.15, 0.2) is 5.78 Å². The number of halogens is 1. The van der Waals surface area contributed by atoms with E-state index in [4.69, 9.17) is 11.6 Å². The van der Waals surface area contributed by atoms with Crippen LogP contribution in [-0.4, -0.2) is 5.78 Å². The van der Waals surface area contributed by atoms with Gasteiger partial charge in [0.1, 0.15) is 0 Å². The minimum Gasteiger partial charge on any atom is -0.294 e. The summed E-state index contributed by atoms with van der Waals surface area (Å²) in [6.45, 7) is 1.55. The highest BCUT2D eigenvalue weighted by Crippen LogP contribution is 2.31. The van der Waals surface area contributed by atoms with E-state index in [0.717, 1.165) is 11.1 Å². The van der Waals surface area contributed by atoms with Crippen LogP contribution in [-0.2, 0) is 0 Å². The van der Waals surface area contributed by atoms with Crippen molar-refractivity contribution in [2.45, 2.75) is 6.92 Å². The summed E-state index contributed by atoms with van der Waals surface area (Å²) in [5.41, 5.74) is 2.45. The molecule has 0 N–H and O–H groups in total. The molecule has 0 bridgehead atoms. The van der Waals surface area contributed by atoms with Gasteiger partial charge < -0.3 is 0 Å². The summed E-state index contributed by atoms with van der Waals surface area (Å²) in [4.78, 5) is 11.5. The molecule has 0 aromatic heterocycles. The molecule has 0 heterocycles. The zero-order chi connectivity index (χ0) is 11.5. The van der Waals surface area contributed by atoms with Gasteiger partial charge in [-0.15, -0.1) is 0 Å². The van der Waals surface area contributed by atoms with Gasteiger partial charge in [0, 0.05) is 16.1 Å². The van der Waals surface area contributed by atoms with Gasteiger partial charge >= 0.3 is 0 Å². The van der Waals surface area contributed by atoms with Crippen molar-refractivity contribution >= 4 is 17.4 Å². The van der Waals surface area contributed by atoms with Crippen LogP contribution in [0.15, 0.2) is 48.5 Å². The van der Waals surface area contributed by atoms with Crippen LogP contribution < -0.4 is 0 Å². The maximum absolute atomic E-state index is 11.5. The van der Waals surface area contributed by atoms with Crippen molar-refractivity contribution in [2.24, 2.45) is 0 Å². The van der Waals surface area contributed by atoms with Gasteiger partial charge in [-0.2, -0.15) is 0 Å². The Kier molecular flexibility index (Phi) is 3.07. The van der Waals surface area contributed by atoms with E-state index in [1.807, 2.05) is 30.3 Å². The van der Waals surface area contributed by atoms with Crippen molar-refractivity contribution in [2.75, 3.05) is 0 Å². The van der Waals surface area contributed by atoms with Crippen molar-refractivity contribution in [3.63, 3.8) is 0 Å². The summed E-state index contributed by atoms with van der Waals surface area (Å²) in [6.07, 6.45) is 0. The fourth-order valence-corrected chi connectivity index (χ4v) is 2.00. The number of hydrogen-bond acceptors (Lipinski definition) is 1. The second-order valence-corrected chi connectivity index (χ2v) is 3.99. The van der Waals surface area contributed by atoms with Crippen LogP contribution in [0, 0.1) is 0 Å². The van der Waals surface area contributed by atoms with Gasteiger partial charge in [-0.3, -0.25) is 4.79 Å². The molecule has 0 saturated carbocycles. The molecule has 2 heteroatoms. The Bertz CT molecular complexity index is 518. The molecule has 0 fully saturated rings.